The number of hydrogen-bond acceptors (Lipinski definition) is 10. The second-order valence-electron chi connectivity index (χ2n) is 15.5. The minimum Gasteiger partial charge on any atom is -0.460 e. The second kappa shape index (κ2) is 16.6. The summed E-state index contributed by atoms with van der Waals surface area (Å²) < 4.78 is 22.3. The van der Waals surface area contributed by atoms with Crippen LogP contribution in [0.15, 0.2) is 11.6 Å². The van der Waals surface area contributed by atoms with Gasteiger partial charge in [0.05, 0.1) is 44.0 Å². The summed E-state index contributed by atoms with van der Waals surface area (Å²) in [7, 11) is 1.45. The minimum atomic E-state index is -1.16. The highest BCUT2D eigenvalue weighted by Gasteiger charge is 2.60. The summed E-state index contributed by atoms with van der Waals surface area (Å²) in [5.74, 6) is -0.668. The van der Waals surface area contributed by atoms with E-state index in [2.05, 4.69) is 24.5 Å². The molecule has 5 aliphatic rings. The van der Waals surface area contributed by atoms with Crippen LogP contribution in [-0.2, 0) is 42.9 Å². The third-order valence-corrected chi connectivity index (χ3v) is 12.8. The number of ketones is 1. The number of nitrogens with two attached hydrogens (primary N) is 1. The average Bonchev–Trinajstić information content (AvgIpc) is 3.41. The molecule has 0 bridgehead atoms. The summed E-state index contributed by atoms with van der Waals surface area (Å²) in [6.45, 7) is 5.50. The normalized spacial score (nSPS) is 36.3. The van der Waals surface area contributed by atoms with Gasteiger partial charge in [0.2, 0.25) is 17.7 Å². The molecule has 280 valence electrons. The molecule has 0 saturated heterocycles. The molecule has 0 radical (unpaired) electrons. The molecule has 10 atom stereocenters. The van der Waals surface area contributed by atoms with Gasteiger partial charge in [-0.05, 0) is 87.0 Å². The largest absolute Gasteiger partial charge is 0.460 e. The summed E-state index contributed by atoms with van der Waals surface area (Å²) in [6, 6.07) is -0.645. The molecule has 4 saturated carbocycles. The summed E-state index contributed by atoms with van der Waals surface area (Å²) >= 11 is 0. The fourth-order valence-electron chi connectivity index (χ4n) is 10.1. The Morgan fingerprint density at radius 3 is 2.44 bits per heavy atom. The molecule has 5 rings (SSSR count). The number of amides is 3. The summed E-state index contributed by atoms with van der Waals surface area (Å²) in [6.07, 6.45) is 8.78. The molecule has 13 nitrogen and oxygen atoms in total. The van der Waals surface area contributed by atoms with Gasteiger partial charge in [-0.1, -0.05) is 19.4 Å². The number of aliphatic hydroxyl groups excluding tert-OH is 1. The fourth-order valence-corrected chi connectivity index (χ4v) is 10.1. The third kappa shape index (κ3) is 8.43. The molecule has 5 aliphatic carbocycles. The van der Waals surface area contributed by atoms with Crippen molar-refractivity contribution in [3.8, 4) is 0 Å². The number of esters is 1. The molecular formula is C37H57N3O10. The number of carbonyl (C=O) groups is 5. The van der Waals surface area contributed by atoms with Crippen LogP contribution < -0.4 is 16.4 Å². The van der Waals surface area contributed by atoms with Crippen LogP contribution in [0, 0.1) is 34.5 Å². The first kappa shape index (κ1) is 38.4. The van der Waals surface area contributed by atoms with E-state index in [1.165, 1.54) is 12.7 Å². The topological polar surface area (TPSA) is 193 Å². The number of methoxy groups -OCH3 is 1. The van der Waals surface area contributed by atoms with Gasteiger partial charge in [0.1, 0.15) is 12.7 Å². The molecule has 3 amide bonds. The van der Waals surface area contributed by atoms with Crippen molar-refractivity contribution in [3.63, 3.8) is 0 Å². The number of rotatable bonds is 15. The molecule has 50 heavy (non-hydrogen) atoms. The lowest BCUT2D eigenvalue weighted by molar-refractivity contribution is -0.165. The maximum Gasteiger partial charge on any atom is 0.332 e. The van der Waals surface area contributed by atoms with Gasteiger partial charge in [0, 0.05) is 38.3 Å². The summed E-state index contributed by atoms with van der Waals surface area (Å²) in [5, 5.41) is 15.9. The van der Waals surface area contributed by atoms with Gasteiger partial charge in [-0.3, -0.25) is 19.2 Å². The van der Waals surface area contributed by atoms with Gasteiger partial charge in [0.15, 0.2) is 5.78 Å². The van der Waals surface area contributed by atoms with Crippen LogP contribution in [0.1, 0.15) is 90.9 Å². The lowest BCUT2D eigenvalue weighted by Gasteiger charge is -2.57. The first-order valence-corrected chi connectivity index (χ1v) is 18.5. The zero-order valence-corrected chi connectivity index (χ0v) is 29.9. The van der Waals surface area contributed by atoms with E-state index in [4.69, 9.17) is 24.7 Å². The number of primary amides is 1. The van der Waals surface area contributed by atoms with Gasteiger partial charge in [-0.15, -0.1) is 0 Å². The van der Waals surface area contributed by atoms with E-state index in [1.807, 2.05) is 6.08 Å². The number of allylic oxidation sites excluding steroid dienone is 1. The number of aliphatic hydroxyl groups is 1. The van der Waals surface area contributed by atoms with Gasteiger partial charge in [-0.2, -0.15) is 0 Å². The van der Waals surface area contributed by atoms with Crippen molar-refractivity contribution in [2.24, 2.45) is 40.2 Å². The second-order valence-corrected chi connectivity index (χ2v) is 15.5. The van der Waals surface area contributed by atoms with E-state index in [0.29, 0.717) is 37.0 Å². The number of ether oxygens (including phenoxy) is 4. The molecule has 0 spiro atoms. The molecule has 0 aromatic rings. The van der Waals surface area contributed by atoms with E-state index in [1.54, 1.807) is 0 Å². The highest BCUT2D eigenvalue weighted by molar-refractivity contribution is 5.91. The van der Waals surface area contributed by atoms with Gasteiger partial charge >= 0.3 is 5.97 Å². The molecule has 5 N–H and O–H groups in total. The smallest absolute Gasteiger partial charge is 0.332 e. The molecule has 13 heteroatoms. The monoisotopic (exact) mass is 703 g/mol. The molecule has 0 heterocycles. The quantitative estimate of drug-likeness (QED) is 0.145. The maximum atomic E-state index is 12.7. The van der Waals surface area contributed by atoms with Crippen LogP contribution in [0.25, 0.3) is 0 Å². The van der Waals surface area contributed by atoms with Crippen LogP contribution in [0.4, 0.5) is 0 Å². The zero-order chi connectivity index (χ0) is 36.1. The molecule has 10 unspecified atom stereocenters. The lowest BCUT2D eigenvalue weighted by Crippen LogP contribution is -2.57. The molecule has 0 aromatic carbocycles. The summed E-state index contributed by atoms with van der Waals surface area (Å²) in [4.78, 5) is 61.2. The number of carbonyl (C=O) groups excluding carboxylic acids is 5. The highest BCUT2D eigenvalue weighted by Crippen LogP contribution is 2.65. The van der Waals surface area contributed by atoms with E-state index < -0.39 is 36.0 Å². The van der Waals surface area contributed by atoms with Crippen molar-refractivity contribution in [2.75, 3.05) is 40.1 Å². The Kier molecular flexibility index (Phi) is 12.8. The van der Waals surface area contributed by atoms with E-state index in [9.17, 15) is 29.1 Å². The minimum absolute atomic E-state index is 0.0296. The predicted octanol–water partition coefficient (Wildman–Crippen LogP) is 2.12. The Morgan fingerprint density at radius 2 is 1.68 bits per heavy atom. The molecule has 0 aliphatic heterocycles. The fraction of sp³-hybridized carbons (Fsp3) is 0.811. The number of fused-ring (bicyclic) bond motifs is 5. The zero-order valence-electron chi connectivity index (χ0n) is 29.9. The molecule has 0 aromatic heterocycles. The molecule has 4 fully saturated rings. The average molecular weight is 704 g/mol. The van der Waals surface area contributed by atoms with E-state index in [0.717, 1.165) is 44.9 Å². The van der Waals surface area contributed by atoms with Crippen LogP contribution in [0.3, 0.4) is 0 Å². The Hall–Kier alpha value is -2.87. The van der Waals surface area contributed by atoms with Gasteiger partial charge in [-0.25, -0.2) is 4.79 Å². The Balaban J connectivity index is 0.913. The van der Waals surface area contributed by atoms with E-state index in [-0.39, 0.29) is 80.4 Å². The van der Waals surface area contributed by atoms with Crippen LogP contribution in [0.2, 0.25) is 0 Å². The number of hydrogen-bond donors (Lipinski definition) is 4. The maximum absolute atomic E-state index is 12.7. The van der Waals surface area contributed by atoms with Crippen LogP contribution in [0.5, 0.6) is 0 Å². The van der Waals surface area contributed by atoms with Crippen molar-refractivity contribution < 1.29 is 48.0 Å². The predicted molar refractivity (Wildman–Crippen MR) is 181 cm³/mol. The van der Waals surface area contributed by atoms with E-state index >= 15 is 0 Å². The Labute approximate surface area is 295 Å². The third-order valence-electron chi connectivity index (χ3n) is 12.8. The van der Waals surface area contributed by atoms with Crippen molar-refractivity contribution in [1.29, 1.82) is 0 Å². The number of nitrogens with one attached hydrogen (secondary N) is 2. The van der Waals surface area contributed by atoms with Crippen molar-refractivity contribution in [3.05, 3.63) is 11.6 Å². The SMILES string of the molecule is COC1CCC(NC(=O)CCC(=O)NCCOCCOCC(=O)OC2CCC3C4CCC5=CC(=O)CCC5(C)C4CCC23C)C(O)C1C(N)=O. The van der Waals surface area contributed by atoms with Crippen LogP contribution >= 0.6 is 0 Å². The first-order valence-electron chi connectivity index (χ1n) is 18.5. The molecular weight excluding hydrogens is 646 g/mol. The van der Waals surface area contributed by atoms with Gasteiger partial charge < -0.3 is 40.4 Å². The highest BCUT2D eigenvalue weighted by atomic mass is 16.6. The Bertz CT molecular complexity index is 1310. The lowest BCUT2D eigenvalue weighted by atomic mass is 9.47. The van der Waals surface area contributed by atoms with Crippen LogP contribution in [-0.4, -0.2) is 99.0 Å². The Morgan fingerprint density at radius 1 is 0.920 bits per heavy atom. The first-order chi connectivity index (χ1) is 23.9. The van der Waals surface area contributed by atoms with Crippen molar-refractivity contribution in [1.82, 2.24) is 10.6 Å². The standard InChI is InChI=1S/C37H57N3O10/c1-36-14-12-23(41)20-22(36)4-5-24-25-6-9-29(37(25,2)15-13-26(24)36)50-32(44)21-49-19-18-48-17-16-39-30(42)10-11-31(43)40-27-7-8-28(47-3)33(34(27)45)35(38)46/h20,24-29,33-34,45H,4-19,21H2,1-3H3,(H2,38,46)(H,39,42)(H,40,43). The summed E-state index contributed by atoms with van der Waals surface area (Å²) in [5.41, 5.74) is 6.88. The van der Waals surface area contributed by atoms with Crippen molar-refractivity contribution >= 4 is 29.5 Å². The van der Waals surface area contributed by atoms with Gasteiger partial charge in [0.25, 0.3) is 0 Å². The van der Waals surface area contributed by atoms with Crippen molar-refractivity contribution in [2.45, 2.75) is 115 Å².